The molecular weight excluding hydrogens is 385 g/mol. The van der Waals surface area contributed by atoms with E-state index in [1.54, 1.807) is 6.07 Å². The zero-order chi connectivity index (χ0) is 18.9. The molecule has 25 heavy (non-hydrogen) atoms. The lowest BCUT2D eigenvalue weighted by molar-refractivity contribution is 0.0313. The van der Waals surface area contributed by atoms with Crippen molar-refractivity contribution in [3.8, 4) is 0 Å². The first kappa shape index (κ1) is 19.7. The van der Waals surface area contributed by atoms with E-state index >= 15 is 0 Å². The standard InChI is InChI=1S/C18H16Cl3NO3/c1-8-5-10(3)12(6-9(8)2)17(23)11(4)25-18(24)16-15(21)14(20)13(19)7-22-16/h5-7,11H,1-4H3/t11-/m0/s1. The van der Waals surface area contributed by atoms with E-state index in [1.807, 2.05) is 26.8 Å². The number of benzene rings is 1. The molecule has 0 saturated heterocycles. The van der Waals surface area contributed by atoms with E-state index in [0.717, 1.165) is 16.7 Å². The minimum atomic E-state index is -0.999. The van der Waals surface area contributed by atoms with E-state index in [-0.39, 0.29) is 26.5 Å². The Labute approximate surface area is 161 Å². The summed E-state index contributed by atoms with van der Waals surface area (Å²) in [5.74, 6) is -1.14. The number of carbonyl (C=O) groups excluding carboxylic acids is 2. The van der Waals surface area contributed by atoms with Crippen LogP contribution >= 0.6 is 34.8 Å². The molecular formula is C18H16Cl3NO3. The van der Waals surface area contributed by atoms with E-state index in [1.165, 1.54) is 13.1 Å². The highest BCUT2D eigenvalue weighted by molar-refractivity contribution is 6.48. The topological polar surface area (TPSA) is 56.3 Å². The number of esters is 1. The maximum absolute atomic E-state index is 12.6. The Hall–Kier alpha value is -1.62. The summed E-state index contributed by atoms with van der Waals surface area (Å²) in [5.41, 5.74) is 3.22. The summed E-state index contributed by atoms with van der Waals surface area (Å²) in [4.78, 5) is 28.7. The van der Waals surface area contributed by atoms with E-state index in [2.05, 4.69) is 4.98 Å². The van der Waals surface area contributed by atoms with Crippen molar-refractivity contribution in [3.63, 3.8) is 0 Å². The maximum Gasteiger partial charge on any atom is 0.359 e. The SMILES string of the molecule is Cc1cc(C)c(C(=O)[C@H](C)OC(=O)c2ncc(Cl)c(Cl)c2Cl)cc1C. The minimum Gasteiger partial charge on any atom is -0.449 e. The van der Waals surface area contributed by atoms with Gasteiger partial charge in [-0.05, 0) is 50.5 Å². The average molecular weight is 401 g/mol. The van der Waals surface area contributed by atoms with Crippen molar-refractivity contribution in [2.45, 2.75) is 33.8 Å². The van der Waals surface area contributed by atoms with Crippen LogP contribution in [0.2, 0.25) is 15.1 Å². The molecule has 7 heteroatoms. The van der Waals surface area contributed by atoms with Gasteiger partial charge in [0, 0.05) is 11.8 Å². The Bertz CT molecular complexity index is 865. The number of aromatic nitrogens is 1. The van der Waals surface area contributed by atoms with E-state index in [0.29, 0.717) is 5.56 Å². The number of aryl methyl sites for hydroxylation is 3. The molecule has 2 rings (SSSR count). The second-order valence-corrected chi connectivity index (χ2v) is 6.91. The van der Waals surface area contributed by atoms with Gasteiger partial charge in [0.1, 0.15) is 0 Å². The quantitative estimate of drug-likeness (QED) is 0.509. The fourth-order valence-corrected chi connectivity index (χ4v) is 2.86. The molecule has 0 amide bonds. The van der Waals surface area contributed by atoms with Gasteiger partial charge in [-0.1, -0.05) is 40.9 Å². The fourth-order valence-electron chi connectivity index (χ4n) is 2.30. The number of nitrogens with zero attached hydrogens (tertiary/aromatic N) is 1. The first-order valence-corrected chi connectivity index (χ1v) is 8.59. The van der Waals surface area contributed by atoms with Crippen molar-refractivity contribution in [1.29, 1.82) is 0 Å². The van der Waals surface area contributed by atoms with Crippen molar-refractivity contribution >= 4 is 46.6 Å². The summed E-state index contributed by atoms with van der Waals surface area (Å²) in [6.07, 6.45) is 0.201. The van der Waals surface area contributed by atoms with Crippen molar-refractivity contribution in [3.05, 3.63) is 61.3 Å². The number of hydrogen-bond acceptors (Lipinski definition) is 4. The van der Waals surface area contributed by atoms with Crippen LogP contribution in [0.4, 0.5) is 0 Å². The third-order valence-corrected chi connectivity index (χ3v) is 5.11. The Balaban J connectivity index is 2.23. The molecule has 0 aliphatic heterocycles. The van der Waals surface area contributed by atoms with Gasteiger partial charge >= 0.3 is 5.97 Å². The van der Waals surface area contributed by atoms with E-state index < -0.39 is 12.1 Å². The Morgan fingerprint density at radius 2 is 1.60 bits per heavy atom. The van der Waals surface area contributed by atoms with Gasteiger partial charge in [0.05, 0.1) is 15.1 Å². The van der Waals surface area contributed by atoms with Gasteiger partial charge in [0.2, 0.25) is 5.78 Å². The molecule has 2 aromatic rings. The van der Waals surface area contributed by atoms with E-state index in [4.69, 9.17) is 39.5 Å². The number of ketones is 1. The van der Waals surface area contributed by atoms with Gasteiger partial charge in [-0.2, -0.15) is 0 Å². The van der Waals surface area contributed by atoms with Crippen LogP contribution in [0.3, 0.4) is 0 Å². The summed E-state index contributed by atoms with van der Waals surface area (Å²) < 4.78 is 5.22. The van der Waals surface area contributed by atoms with Crippen LogP contribution in [0.1, 0.15) is 44.5 Å². The van der Waals surface area contributed by atoms with E-state index in [9.17, 15) is 9.59 Å². The largest absolute Gasteiger partial charge is 0.449 e. The normalized spacial score (nSPS) is 12.0. The zero-order valence-corrected chi connectivity index (χ0v) is 16.4. The molecule has 0 radical (unpaired) electrons. The molecule has 4 nitrogen and oxygen atoms in total. The molecule has 0 spiro atoms. The lowest BCUT2D eigenvalue weighted by Gasteiger charge is -2.15. The van der Waals surface area contributed by atoms with Crippen molar-refractivity contribution in [1.82, 2.24) is 4.98 Å². The predicted molar refractivity (Wildman–Crippen MR) is 99.1 cm³/mol. The summed E-state index contributed by atoms with van der Waals surface area (Å²) >= 11 is 17.7. The highest BCUT2D eigenvalue weighted by Gasteiger charge is 2.25. The zero-order valence-electron chi connectivity index (χ0n) is 14.1. The maximum atomic E-state index is 12.6. The number of hydrogen-bond donors (Lipinski definition) is 0. The van der Waals surface area contributed by atoms with Crippen LogP contribution in [0.15, 0.2) is 18.3 Å². The van der Waals surface area contributed by atoms with Gasteiger partial charge in [-0.15, -0.1) is 0 Å². The molecule has 0 unspecified atom stereocenters. The molecule has 1 heterocycles. The Morgan fingerprint density at radius 3 is 2.24 bits per heavy atom. The number of pyridine rings is 1. The molecule has 1 atom stereocenters. The number of rotatable bonds is 4. The third-order valence-electron chi connectivity index (χ3n) is 3.87. The van der Waals surface area contributed by atoms with Crippen molar-refractivity contribution in [2.24, 2.45) is 0 Å². The van der Waals surface area contributed by atoms with Crippen LogP contribution in [0, 0.1) is 20.8 Å². The number of carbonyl (C=O) groups is 2. The molecule has 132 valence electrons. The number of halogens is 3. The van der Waals surface area contributed by atoms with Crippen molar-refractivity contribution < 1.29 is 14.3 Å². The van der Waals surface area contributed by atoms with Gasteiger partial charge in [0.15, 0.2) is 11.8 Å². The highest BCUT2D eigenvalue weighted by atomic mass is 35.5. The molecule has 0 N–H and O–H groups in total. The van der Waals surface area contributed by atoms with Gasteiger partial charge < -0.3 is 4.74 Å². The summed E-state index contributed by atoms with van der Waals surface area (Å²) in [6.45, 7) is 7.23. The molecule has 1 aromatic heterocycles. The number of ether oxygens (including phenoxy) is 1. The minimum absolute atomic E-state index is 0.00858. The monoisotopic (exact) mass is 399 g/mol. The summed E-state index contributed by atoms with van der Waals surface area (Å²) in [5, 5.41) is 0.0218. The molecule has 1 aromatic carbocycles. The Morgan fingerprint density at radius 1 is 1.00 bits per heavy atom. The van der Waals surface area contributed by atoms with Crippen LogP contribution in [0.5, 0.6) is 0 Å². The lowest BCUT2D eigenvalue weighted by atomic mass is 9.96. The molecule has 0 aliphatic rings. The average Bonchev–Trinajstić information content (AvgIpc) is 2.55. The molecule has 0 fully saturated rings. The first-order valence-electron chi connectivity index (χ1n) is 7.46. The highest BCUT2D eigenvalue weighted by Crippen LogP contribution is 2.31. The third kappa shape index (κ3) is 4.14. The predicted octanol–water partition coefficient (Wildman–Crippen LogP) is 5.40. The van der Waals surface area contributed by atoms with Crippen LogP contribution in [0.25, 0.3) is 0 Å². The second-order valence-electron chi connectivity index (χ2n) is 5.75. The van der Waals surface area contributed by atoms with Gasteiger partial charge in [-0.3, -0.25) is 4.79 Å². The summed E-state index contributed by atoms with van der Waals surface area (Å²) in [7, 11) is 0. The smallest absolute Gasteiger partial charge is 0.359 e. The molecule has 0 aliphatic carbocycles. The lowest BCUT2D eigenvalue weighted by Crippen LogP contribution is -2.26. The van der Waals surface area contributed by atoms with Gasteiger partial charge in [0.25, 0.3) is 0 Å². The molecule has 0 bridgehead atoms. The number of Topliss-reactive ketones (excluding diaryl/α,β-unsaturated/α-hetero) is 1. The Kier molecular flexibility index (Phi) is 6.09. The first-order chi connectivity index (χ1) is 11.6. The van der Waals surface area contributed by atoms with Crippen LogP contribution in [-0.2, 0) is 4.74 Å². The summed E-state index contributed by atoms with van der Waals surface area (Å²) in [6, 6.07) is 3.72. The van der Waals surface area contributed by atoms with Crippen LogP contribution < -0.4 is 0 Å². The van der Waals surface area contributed by atoms with Crippen LogP contribution in [-0.4, -0.2) is 22.8 Å². The fraction of sp³-hybridized carbons (Fsp3) is 0.278. The molecule has 0 saturated carbocycles. The second kappa shape index (κ2) is 7.73. The van der Waals surface area contributed by atoms with Gasteiger partial charge in [-0.25, -0.2) is 9.78 Å². The van der Waals surface area contributed by atoms with Crippen molar-refractivity contribution in [2.75, 3.05) is 0 Å².